The van der Waals surface area contributed by atoms with Gasteiger partial charge in [-0.05, 0) is 62.1 Å². The molecular formula is C27H30N4O5S. The molecule has 3 N–H and O–H groups in total. The molecule has 4 rings (SSSR count). The molecule has 1 fully saturated rings. The van der Waals surface area contributed by atoms with E-state index in [1.807, 2.05) is 18.2 Å². The first-order chi connectivity index (χ1) is 17.8. The van der Waals surface area contributed by atoms with Gasteiger partial charge >= 0.3 is 0 Å². The lowest BCUT2D eigenvalue weighted by atomic mass is 10.0. The van der Waals surface area contributed by atoms with Gasteiger partial charge in [0.1, 0.15) is 5.69 Å². The molecule has 0 saturated carbocycles. The highest BCUT2D eigenvalue weighted by Gasteiger charge is 2.28. The number of nitrogens with two attached hydrogens (primary N) is 1. The van der Waals surface area contributed by atoms with Gasteiger partial charge in [-0.25, -0.2) is 8.42 Å². The fourth-order valence-corrected chi connectivity index (χ4v) is 6.14. The van der Waals surface area contributed by atoms with Gasteiger partial charge in [0, 0.05) is 25.2 Å². The van der Waals surface area contributed by atoms with Crippen molar-refractivity contribution in [2.45, 2.75) is 41.5 Å². The summed E-state index contributed by atoms with van der Waals surface area (Å²) >= 11 is 0. The van der Waals surface area contributed by atoms with Gasteiger partial charge in [0.05, 0.1) is 20.3 Å². The fourth-order valence-electron chi connectivity index (χ4n) is 4.66. The number of rotatable bonds is 10. The maximum Gasteiger partial charge on any atom is 0.293 e. The van der Waals surface area contributed by atoms with E-state index in [2.05, 4.69) is 22.3 Å². The Morgan fingerprint density at radius 2 is 1.70 bits per heavy atom. The molecule has 1 amide bonds. The zero-order valence-electron chi connectivity index (χ0n) is 20.4. The molecule has 0 atom stereocenters. The summed E-state index contributed by atoms with van der Waals surface area (Å²) in [5.41, 5.74) is 6.44. The number of likely N-dealkylation sites (tertiary alicyclic amines) is 1. The maximum absolute atomic E-state index is 13.2. The average molecular weight is 523 g/mol. The van der Waals surface area contributed by atoms with Gasteiger partial charge in [-0.15, -0.1) is 0 Å². The number of amides is 1. The van der Waals surface area contributed by atoms with E-state index < -0.39 is 20.7 Å². The molecule has 194 valence electrons. The standard InChI is InChI=1S/C27H30N4O5S/c28-27(32)23-10-4-5-11-26(23)37(35,36)22-12-13-24(25(19-22)31(33)34)29-21-14-17-30(18-15-21)16-6-9-20-7-2-1-3-8-20/h1-5,7-8,10-13,19,21,29H,6,9,14-18H2,(H2,28,32). The monoisotopic (exact) mass is 522 g/mol. The van der Waals surface area contributed by atoms with E-state index in [-0.39, 0.29) is 32.8 Å². The molecule has 10 heteroatoms. The highest BCUT2D eigenvalue weighted by atomic mass is 32.2. The fraction of sp³-hybridized carbons (Fsp3) is 0.296. The topological polar surface area (TPSA) is 136 Å². The molecule has 0 bridgehead atoms. The average Bonchev–Trinajstić information content (AvgIpc) is 2.90. The molecule has 0 aliphatic carbocycles. The maximum atomic E-state index is 13.2. The van der Waals surface area contributed by atoms with Gasteiger partial charge in [0.2, 0.25) is 15.7 Å². The number of nitrogens with zero attached hydrogens (tertiary/aromatic N) is 2. The van der Waals surface area contributed by atoms with Crippen LogP contribution in [0.25, 0.3) is 0 Å². The van der Waals surface area contributed by atoms with Crippen LogP contribution in [0.4, 0.5) is 11.4 Å². The molecule has 3 aromatic rings. The van der Waals surface area contributed by atoms with Crippen molar-refractivity contribution >= 4 is 27.1 Å². The molecule has 1 saturated heterocycles. The number of nitro groups is 1. The Labute approximate surface area is 216 Å². The third-order valence-electron chi connectivity index (χ3n) is 6.65. The van der Waals surface area contributed by atoms with Crippen molar-refractivity contribution in [3.8, 4) is 0 Å². The molecule has 0 radical (unpaired) electrons. The molecule has 0 aromatic heterocycles. The molecule has 9 nitrogen and oxygen atoms in total. The van der Waals surface area contributed by atoms with Crippen LogP contribution in [0.3, 0.4) is 0 Å². The van der Waals surface area contributed by atoms with Crippen LogP contribution < -0.4 is 11.1 Å². The van der Waals surface area contributed by atoms with Crippen molar-refractivity contribution in [3.63, 3.8) is 0 Å². The summed E-state index contributed by atoms with van der Waals surface area (Å²) < 4.78 is 26.4. The van der Waals surface area contributed by atoms with Crippen LogP contribution in [0.2, 0.25) is 0 Å². The normalized spacial score (nSPS) is 14.8. The zero-order valence-corrected chi connectivity index (χ0v) is 21.2. The molecule has 3 aromatic carbocycles. The Bertz CT molecular complexity index is 1370. The predicted molar refractivity (Wildman–Crippen MR) is 141 cm³/mol. The first-order valence-corrected chi connectivity index (χ1v) is 13.7. The quantitative estimate of drug-likeness (QED) is 0.303. The smallest absolute Gasteiger partial charge is 0.293 e. The summed E-state index contributed by atoms with van der Waals surface area (Å²) in [6.45, 7) is 2.77. The Morgan fingerprint density at radius 3 is 2.38 bits per heavy atom. The molecule has 1 heterocycles. The summed E-state index contributed by atoms with van der Waals surface area (Å²) in [5, 5.41) is 15.1. The van der Waals surface area contributed by atoms with Crippen LogP contribution in [-0.2, 0) is 16.3 Å². The third-order valence-corrected chi connectivity index (χ3v) is 8.46. The number of carbonyl (C=O) groups excluding carboxylic acids is 1. The van der Waals surface area contributed by atoms with Crippen LogP contribution in [0.5, 0.6) is 0 Å². The predicted octanol–water partition coefficient (Wildman–Crippen LogP) is 4.04. The van der Waals surface area contributed by atoms with Crippen LogP contribution in [0.1, 0.15) is 35.2 Å². The summed E-state index contributed by atoms with van der Waals surface area (Å²) in [6, 6.07) is 19.8. The number of hydrogen-bond acceptors (Lipinski definition) is 7. The molecule has 0 unspecified atom stereocenters. The number of nitro benzene ring substituents is 1. The minimum atomic E-state index is -4.20. The van der Waals surface area contributed by atoms with E-state index in [0.717, 1.165) is 51.4 Å². The number of hydrogen-bond donors (Lipinski definition) is 2. The second-order valence-electron chi connectivity index (χ2n) is 9.15. The van der Waals surface area contributed by atoms with Gasteiger partial charge in [-0.1, -0.05) is 42.5 Å². The van der Waals surface area contributed by atoms with E-state index >= 15 is 0 Å². The zero-order chi connectivity index (χ0) is 26.4. The summed E-state index contributed by atoms with van der Waals surface area (Å²) in [5.74, 6) is -0.890. The summed E-state index contributed by atoms with van der Waals surface area (Å²) in [6.07, 6.45) is 3.76. The SMILES string of the molecule is NC(=O)c1ccccc1S(=O)(=O)c1ccc(NC2CCN(CCCc3ccccc3)CC2)c([N+](=O)[O-])c1. The third kappa shape index (κ3) is 6.33. The van der Waals surface area contributed by atoms with Gasteiger partial charge in [-0.2, -0.15) is 0 Å². The number of carbonyl (C=O) groups is 1. The Balaban J connectivity index is 1.41. The lowest BCUT2D eigenvalue weighted by Crippen LogP contribution is -2.39. The minimum absolute atomic E-state index is 0.0436. The molecule has 0 spiro atoms. The number of anilines is 1. The number of aryl methyl sites for hydroxylation is 1. The van der Waals surface area contributed by atoms with Crippen LogP contribution in [-0.4, -0.2) is 49.8 Å². The van der Waals surface area contributed by atoms with E-state index in [1.54, 1.807) is 0 Å². The van der Waals surface area contributed by atoms with Gasteiger partial charge in [0.15, 0.2) is 0 Å². The van der Waals surface area contributed by atoms with Crippen molar-refractivity contribution in [2.24, 2.45) is 5.73 Å². The molecule has 1 aliphatic rings. The lowest BCUT2D eigenvalue weighted by Gasteiger charge is -2.32. The van der Waals surface area contributed by atoms with E-state index in [1.165, 1.54) is 42.0 Å². The molecule has 37 heavy (non-hydrogen) atoms. The van der Waals surface area contributed by atoms with Crippen molar-refractivity contribution in [1.82, 2.24) is 4.90 Å². The molecule has 1 aliphatic heterocycles. The first-order valence-electron chi connectivity index (χ1n) is 12.2. The second kappa shape index (κ2) is 11.5. The van der Waals surface area contributed by atoms with Gasteiger partial charge in [0.25, 0.3) is 5.69 Å². The lowest BCUT2D eigenvalue weighted by molar-refractivity contribution is -0.384. The van der Waals surface area contributed by atoms with Crippen LogP contribution in [0, 0.1) is 10.1 Å². The van der Waals surface area contributed by atoms with E-state index in [9.17, 15) is 23.3 Å². The minimum Gasteiger partial charge on any atom is -0.377 e. The number of nitrogens with one attached hydrogen (secondary N) is 1. The van der Waals surface area contributed by atoms with Crippen LogP contribution >= 0.6 is 0 Å². The highest BCUT2D eigenvalue weighted by Crippen LogP contribution is 2.32. The number of primary amides is 1. The van der Waals surface area contributed by atoms with Crippen molar-refractivity contribution in [3.05, 3.63) is 94.0 Å². The van der Waals surface area contributed by atoms with Crippen LogP contribution in [0.15, 0.2) is 82.6 Å². The second-order valence-corrected chi connectivity index (χ2v) is 11.1. The number of piperidine rings is 1. The highest BCUT2D eigenvalue weighted by molar-refractivity contribution is 7.91. The Kier molecular flexibility index (Phi) is 8.20. The first kappa shape index (κ1) is 26.3. The van der Waals surface area contributed by atoms with Gasteiger partial charge < -0.3 is 16.0 Å². The van der Waals surface area contributed by atoms with Crippen molar-refractivity contribution in [2.75, 3.05) is 25.0 Å². The van der Waals surface area contributed by atoms with Gasteiger partial charge in [-0.3, -0.25) is 14.9 Å². The largest absolute Gasteiger partial charge is 0.377 e. The summed E-state index contributed by atoms with van der Waals surface area (Å²) in [4.78, 5) is 24.8. The van der Waals surface area contributed by atoms with E-state index in [0.29, 0.717) is 0 Å². The van der Waals surface area contributed by atoms with Crippen molar-refractivity contribution < 1.29 is 18.1 Å². The Morgan fingerprint density at radius 1 is 1.03 bits per heavy atom. The Hall–Kier alpha value is -3.76. The summed E-state index contributed by atoms with van der Waals surface area (Å²) in [7, 11) is -4.20. The number of sulfone groups is 1. The number of benzene rings is 3. The van der Waals surface area contributed by atoms with Crippen molar-refractivity contribution in [1.29, 1.82) is 0 Å². The van der Waals surface area contributed by atoms with E-state index in [4.69, 9.17) is 5.73 Å². The molecular weight excluding hydrogens is 492 g/mol.